The zero-order valence-corrected chi connectivity index (χ0v) is 19.7. The van der Waals surface area contributed by atoms with Crippen LogP contribution in [0.4, 0.5) is 26.0 Å². The second kappa shape index (κ2) is 9.64. The van der Waals surface area contributed by atoms with Gasteiger partial charge in [-0.2, -0.15) is 0 Å². The van der Waals surface area contributed by atoms with Crippen molar-refractivity contribution in [1.29, 1.82) is 0 Å². The number of hydrogen-bond donors (Lipinski definition) is 2. The molecule has 5 rings (SSSR count). The van der Waals surface area contributed by atoms with Gasteiger partial charge in [-0.15, -0.1) is 5.10 Å². The molecule has 0 saturated carbocycles. The highest BCUT2D eigenvalue weighted by Crippen LogP contribution is 2.34. The summed E-state index contributed by atoms with van der Waals surface area (Å²) in [7, 11) is 1.65. The average molecular weight is 501 g/mol. The number of carbonyl (C=O) groups excluding carboxylic acids is 2. The number of aromatic nitrogens is 4. The van der Waals surface area contributed by atoms with Crippen LogP contribution in [0.1, 0.15) is 23.2 Å². The number of carbonyl (C=O) groups is 2. The van der Waals surface area contributed by atoms with Crippen molar-refractivity contribution >= 4 is 34.7 Å². The largest absolute Gasteiger partial charge is 0.384 e. The lowest BCUT2D eigenvalue weighted by Crippen LogP contribution is -2.54. The second-order valence-electron chi connectivity index (χ2n) is 9.10. The summed E-state index contributed by atoms with van der Waals surface area (Å²) >= 11 is 0. The molecule has 0 aliphatic carbocycles. The lowest BCUT2D eigenvalue weighted by atomic mass is 9.91. The minimum Gasteiger partial charge on any atom is -0.384 e. The summed E-state index contributed by atoms with van der Waals surface area (Å²) in [5.74, 6) is -1.68. The minimum absolute atomic E-state index is 0.0594. The Balaban J connectivity index is 1.29. The van der Waals surface area contributed by atoms with Crippen LogP contribution in [0.5, 0.6) is 0 Å². The SMILES string of the molecule is COCC1CN(C(=O)C2CCN(c3c(F)cncc3NC(=O)c3c(N)nn4cc(F)cnc34)CC2)C1. The van der Waals surface area contributed by atoms with Gasteiger partial charge < -0.3 is 25.6 Å². The molecule has 5 heterocycles. The van der Waals surface area contributed by atoms with Crippen LogP contribution in [0.25, 0.3) is 5.65 Å². The molecule has 2 aliphatic heterocycles. The van der Waals surface area contributed by atoms with E-state index in [0.29, 0.717) is 51.5 Å². The minimum atomic E-state index is -0.677. The molecule has 2 amide bonds. The highest BCUT2D eigenvalue weighted by Gasteiger charge is 2.36. The van der Waals surface area contributed by atoms with Crippen LogP contribution in [0.3, 0.4) is 0 Å². The summed E-state index contributed by atoms with van der Waals surface area (Å²) in [6.07, 6.45) is 5.55. The molecule has 2 saturated heterocycles. The number of likely N-dealkylation sites (tertiary alicyclic amines) is 1. The van der Waals surface area contributed by atoms with E-state index in [1.54, 1.807) is 12.0 Å². The molecule has 2 fully saturated rings. The number of halogens is 2. The number of pyridine rings is 1. The first-order valence-electron chi connectivity index (χ1n) is 11.6. The van der Waals surface area contributed by atoms with Crippen molar-refractivity contribution in [3.63, 3.8) is 0 Å². The molecule has 3 aromatic heterocycles. The predicted molar refractivity (Wildman–Crippen MR) is 126 cm³/mol. The third-order valence-electron chi connectivity index (χ3n) is 6.65. The van der Waals surface area contributed by atoms with E-state index in [4.69, 9.17) is 10.5 Å². The van der Waals surface area contributed by atoms with Gasteiger partial charge in [0.15, 0.2) is 23.1 Å². The number of nitrogens with two attached hydrogens (primary N) is 1. The topological polar surface area (TPSA) is 131 Å². The summed E-state index contributed by atoms with van der Waals surface area (Å²) in [4.78, 5) is 37.3. The number of fused-ring (bicyclic) bond motifs is 1. The second-order valence-corrected chi connectivity index (χ2v) is 9.10. The molecular weight excluding hydrogens is 474 g/mol. The van der Waals surface area contributed by atoms with Crippen molar-refractivity contribution in [2.24, 2.45) is 11.8 Å². The Bertz CT molecular complexity index is 1300. The van der Waals surface area contributed by atoms with Gasteiger partial charge >= 0.3 is 0 Å². The van der Waals surface area contributed by atoms with Crippen LogP contribution >= 0.6 is 0 Å². The molecule has 0 radical (unpaired) electrons. The molecule has 11 nitrogen and oxygen atoms in total. The van der Waals surface area contributed by atoms with E-state index in [9.17, 15) is 18.4 Å². The predicted octanol–water partition coefficient (Wildman–Crippen LogP) is 1.56. The molecule has 0 aromatic carbocycles. The number of nitrogens with one attached hydrogen (secondary N) is 1. The number of nitrogens with zero attached hydrogens (tertiary/aromatic N) is 6. The first-order valence-corrected chi connectivity index (χ1v) is 11.6. The van der Waals surface area contributed by atoms with Crippen molar-refractivity contribution in [1.82, 2.24) is 24.5 Å². The fourth-order valence-corrected chi connectivity index (χ4v) is 4.87. The summed E-state index contributed by atoms with van der Waals surface area (Å²) in [6, 6.07) is 0. The maximum absolute atomic E-state index is 14.9. The first-order chi connectivity index (χ1) is 17.4. The highest BCUT2D eigenvalue weighted by molar-refractivity contribution is 6.12. The quantitative estimate of drug-likeness (QED) is 0.522. The number of methoxy groups -OCH3 is 1. The highest BCUT2D eigenvalue weighted by atomic mass is 19.1. The van der Waals surface area contributed by atoms with Gasteiger partial charge in [0.05, 0.1) is 37.1 Å². The monoisotopic (exact) mass is 500 g/mol. The van der Waals surface area contributed by atoms with E-state index in [2.05, 4.69) is 20.4 Å². The van der Waals surface area contributed by atoms with E-state index < -0.39 is 17.5 Å². The van der Waals surface area contributed by atoms with Crippen molar-refractivity contribution in [3.05, 3.63) is 42.0 Å². The van der Waals surface area contributed by atoms with Gasteiger partial charge in [0.2, 0.25) is 5.91 Å². The Kier molecular flexibility index (Phi) is 6.39. The van der Waals surface area contributed by atoms with Gasteiger partial charge in [-0.25, -0.2) is 18.3 Å². The number of rotatable bonds is 6. The van der Waals surface area contributed by atoms with E-state index in [1.165, 1.54) is 6.20 Å². The van der Waals surface area contributed by atoms with Gasteiger partial charge in [0.25, 0.3) is 5.91 Å². The molecule has 0 unspecified atom stereocenters. The van der Waals surface area contributed by atoms with Crippen LogP contribution in [-0.2, 0) is 9.53 Å². The zero-order chi connectivity index (χ0) is 25.4. The molecule has 3 N–H and O–H groups in total. The Labute approximate surface area is 205 Å². The summed E-state index contributed by atoms with van der Waals surface area (Å²) in [5.41, 5.74) is 6.22. The van der Waals surface area contributed by atoms with Gasteiger partial charge in [0.1, 0.15) is 11.3 Å². The number of ether oxygens (including phenoxy) is 1. The number of hydrogen-bond acceptors (Lipinski definition) is 8. The molecule has 3 aromatic rings. The third kappa shape index (κ3) is 4.41. The first kappa shape index (κ1) is 23.9. The summed E-state index contributed by atoms with van der Waals surface area (Å²) in [5, 5.41) is 6.57. The fraction of sp³-hybridized carbons (Fsp3) is 0.435. The van der Waals surface area contributed by atoms with Crippen LogP contribution in [-0.4, -0.2) is 76.2 Å². The molecular formula is C23H26F2N8O3. The summed E-state index contributed by atoms with van der Waals surface area (Å²) in [6.45, 7) is 2.93. The average Bonchev–Trinajstić information content (AvgIpc) is 3.16. The van der Waals surface area contributed by atoms with E-state index >= 15 is 0 Å². The van der Waals surface area contributed by atoms with Gasteiger partial charge in [-0.05, 0) is 12.8 Å². The Morgan fingerprint density at radius 3 is 2.67 bits per heavy atom. The fourth-order valence-electron chi connectivity index (χ4n) is 4.87. The number of piperidine rings is 1. The van der Waals surface area contributed by atoms with E-state index in [0.717, 1.165) is 23.1 Å². The van der Waals surface area contributed by atoms with Crippen LogP contribution < -0.4 is 16.0 Å². The van der Waals surface area contributed by atoms with E-state index in [1.807, 2.05) is 4.90 Å². The van der Waals surface area contributed by atoms with Crippen LogP contribution in [0.2, 0.25) is 0 Å². The van der Waals surface area contributed by atoms with Gasteiger partial charge in [0, 0.05) is 45.1 Å². The maximum atomic E-state index is 14.9. The number of anilines is 3. The van der Waals surface area contributed by atoms with Crippen molar-refractivity contribution in [3.8, 4) is 0 Å². The third-order valence-corrected chi connectivity index (χ3v) is 6.65. The molecule has 0 atom stereocenters. The summed E-state index contributed by atoms with van der Waals surface area (Å²) < 4.78 is 34.6. The van der Waals surface area contributed by atoms with Crippen molar-refractivity contribution in [2.75, 3.05) is 55.8 Å². The standard InChI is InChI=1S/C23H26F2N8O3/c1-36-12-13-9-32(10-13)23(35)14-2-4-31(5-3-14)19-16(25)7-27-8-17(19)29-22(34)18-20(26)30-33-11-15(24)6-28-21(18)33/h6-8,11,13-14H,2-5,9-10,12H2,1H3,(H2,26,30)(H,29,34). The number of nitrogen functional groups attached to an aromatic ring is 1. The smallest absolute Gasteiger partial charge is 0.263 e. The molecule has 0 spiro atoms. The van der Waals surface area contributed by atoms with Crippen LogP contribution in [0.15, 0.2) is 24.8 Å². The van der Waals surface area contributed by atoms with Gasteiger partial charge in [-0.3, -0.25) is 14.6 Å². The molecule has 0 bridgehead atoms. The van der Waals surface area contributed by atoms with Crippen LogP contribution in [0, 0.1) is 23.5 Å². The van der Waals surface area contributed by atoms with E-state index in [-0.39, 0.29) is 40.2 Å². The number of amides is 2. The lowest BCUT2D eigenvalue weighted by molar-refractivity contribution is -0.143. The van der Waals surface area contributed by atoms with Crippen molar-refractivity contribution < 1.29 is 23.1 Å². The molecule has 13 heteroatoms. The van der Waals surface area contributed by atoms with Gasteiger partial charge in [-0.1, -0.05) is 0 Å². The Morgan fingerprint density at radius 2 is 1.94 bits per heavy atom. The molecule has 2 aliphatic rings. The normalized spacial score (nSPS) is 16.9. The molecule has 36 heavy (non-hydrogen) atoms. The Morgan fingerprint density at radius 1 is 1.19 bits per heavy atom. The molecule has 190 valence electrons. The zero-order valence-electron chi connectivity index (χ0n) is 19.7. The van der Waals surface area contributed by atoms with Crippen molar-refractivity contribution in [2.45, 2.75) is 12.8 Å². The maximum Gasteiger partial charge on any atom is 0.263 e. The Hall–Kier alpha value is -3.87. The lowest BCUT2D eigenvalue weighted by Gasteiger charge is -2.42.